The molecule has 0 saturated carbocycles. The van der Waals surface area contributed by atoms with E-state index in [0.29, 0.717) is 0 Å². The van der Waals surface area contributed by atoms with Crippen LogP contribution < -0.4 is 0 Å². The van der Waals surface area contributed by atoms with Crippen LogP contribution in [0.25, 0.3) is 17.0 Å². The van der Waals surface area contributed by atoms with Crippen LogP contribution in [0.15, 0.2) is 42.6 Å². The highest BCUT2D eigenvalue weighted by Crippen LogP contribution is 2.19. The molecular formula is C17H18N2O2. The molecule has 1 fully saturated rings. The van der Waals surface area contributed by atoms with Crippen LogP contribution in [0.4, 0.5) is 0 Å². The summed E-state index contributed by atoms with van der Waals surface area (Å²) in [7, 11) is 0. The first-order valence-corrected chi connectivity index (χ1v) is 7.23. The summed E-state index contributed by atoms with van der Waals surface area (Å²) in [6.45, 7) is 0.767. The summed E-state index contributed by atoms with van der Waals surface area (Å²) < 4.78 is 0. The van der Waals surface area contributed by atoms with Crippen LogP contribution in [0.2, 0.25) is 0 Å². The molecule has 0 unspecified atom stereocenters. The topological polar surface area (TPSA) is 53.4 Å². The van der Waals surface area contributed by atoms with Crippen molar-refractivity contribution >= 4 is 22.9 Å². The third kappa shape index (κ3) is 2.81. The Morgan fingerprint density at radius 1 is 1.38 bits per heavy atom. The third-order valence-corrected chi connectivity index (χ3v) is 3.96. The summed E-state index contributed by atoms with van der Waals surface area (Å²) in [5, 5.41) is 10.3. The fourth-order valence-electron chi connectivity index (χ4n) is 2.84. The number of pyridine rings is 1. The van der Waals surface area contributed by atoms with Gasteiger partial charge < -0.3 is 10.0 Å². The fraction of sp³-hybridized carbons (Fsp3) is 0.294. The highest BCUT2D eigenvalue weighted by atomic mass is 16.3. The Hall–Kier alpha value is -2.20. The number of fused-ring (bicyclic) bond motifs is 1. The van der Waals surface area contributed by atoms with Gasteiger partial charge in [-0.15, -0.1) is 0 Å². The predicted molar refractivity (Wildman–Crippen MR) is 82.6 cm³/mol. The van der Waals surface area contributed by atoms with E-state index < -0.39 is 0 Å². The van der Waals surface area contributed by atoms with Gasteiger partial charge in [-0.3, -0.25) is 9.78 Å². The highest BCUT2D eigenvalue weighted by molar-refractivity contribution is 5.95. The van der Waals surface area contributed by atoms with Crippen molar-refractivity contribution in [3.05, 3.63) is 48.2 Å². The maximum absolute atomic E-state index is 12.2. The van der Waals surface area contributed by atoms with Crippen molar-refractivity contribution in [1.29, 1.82) is 0 Å². The number of carbonyl (C=O) groups excluding carboxylic acids is 1. The van der Waals surface area contributed by atoms with E-state index in [0.717, 1.165) is 35.9 Å². The van der Waals surface area contributed by atoms with E-state index in [1.807, 2.05) is 36.4 Å². The second-order valence-corrected chi connectivity index (χ2v) is 5.26. The first-order chi connectivity index (χ1) is 10.3. The number of para-hydroxylation sites is 1. The van der Waals surface area contributed by atoms with E-state index in [1.54, 1.807) is 17.2 Å². The number of rotatable bonds is 3. The van der Waals surface area contributed by atoms with Crippen LogP contribution in [0, 0.1) is 0 Å². The number of benzene rings is 1. The second kappa shape index (κ2) is 6.06. The molecule has 4 heteroatoms. The maximum Gasteiger partial charge on any atom is 0.246 e. The number of aliphatic hydroxyl groups excluding tert-OH is 1. The van der Waals surface area contributed by atoms with E-state index in [1.165, 1.54) is 0 Å². The molecule has 1 aromatic heterocycles. The molecular weight excluding hydrogens is 264 g/mol. The van der Waals surface area contributed by atoms with Gasteiger partial charge in [0.05, 0.1) is 18.2 Å². The molecule has 0 bridgehead atoms. The zero-order valence-corrected chi connectivity index (χ0v) is 11.8. The SMILES string of the molecule is O=C(/C=C/c1ccnc2ccccc12)N1CCC[C@H]1CO. The average molecular weight is 282 g/mol. The van der Waals surface area contributed by atoms with E-state index in [-0.39, 0.29) is 18.6 Å². The largest absolute Gasteiger partial charge is 0.394 e. The van der Waals surface area contributed by atoms with Crippen molar-refractivity contribution < 1.29 is 9.90 Å². The molecule has 1 amide bonds. The molecule has 4 nitrogen and oxygen atoms in total. The van der Waals surface area contributed by atoms with E-state index >= 15 is 0 Å². The summed E-state index contributed by atoms with van der Waals surface area (Å²) in [6.07, 6.45) is 7.02. The second-order valence-electron chi connectivity index (χ2n) is 5.26. The van der Waals surface area contributed by atoms with Crippen molar-refractivity contribution in [1.82, 2.24) is 9.88 Å². The standard InChI is InChI=1S/C17H18N2O2/c20-12-14-4-3-11-19(14)17(21)8-7-13-9-10-18-16-6-2-1-5-15(13)16/h1-2,5-10,14,20H,3-4,11-12H2/b8-7+/t14-/m0/s1. The van der Waals surface area contributed by atoms with Gasteiger partial charge in [-0.25, -0.2) is 0 Å². The zero-order valence-electron chi connectivity index (χ0n) is 11.8. The van der Waals surface area contributed by atoms with Crippen LogP contribution in [0.5, 0.6) is 0 Å². The van der Waals surface area contributed by atoms with Crippen molar-refractivity contribution in [3.8, 4) is 0 Å². The van der Waals surface area contributed by atoms with E-state index in [4.69, 9.17) is 0 Å². The Kier molecular flexibility index (Phi) is 3.97. The lowest BCUT2D eigenvalue weighted by molar-refractivity contribution is -0.127. The molecule has 2 heterocycles. The van der Waals surface area contributed by atoms with Crippen molar-refractivity contribution in [2.75, 3.05) is 13.2 Å². The van der Waals surface area contributed by atoms with Gasteiger partial charge in [0, 0.05) is 24.2 Å². The molecule has 0 spiro atoms. The Morgan fingerprint density at radius 2 is 2.24 bits per heavy atom. The Bertz CT molecular complexity index is 676. The average Bonchev–Trinajstić information content (AvgIpc) is 3.01. The van der Waals surface area contributed by atoms with Gasteiger partial charge >= 0.3 is 0 Å². The summed E-state index contributed by atoms with van der Waals surface area (Å²) in [4.78, 5) is 18.3. The Labute approximate surface area is 123 Å². The minimum atomic E-state index is -0.0348. The fourth-order valence-corrected chi connectivity index (χ4v) is 2.84. The van der Waals surface area contributed by atoms with Crippen LogP contribution in [-0.4, -0.2) is 40.1 Å². The Balaban J connectivity index is 1.83. The van der Waals surface area contributed by atoms with Gasteiger partial charge in [0.2, 0.25) is 5.91 Å². The molecule has 1 N–H and O–H groups in total. The van der Waals surface area contributed by atoms with Gasteiger partial charge in [-0.05, 0) is 36.6 Å². The van der Waals surface area contributed by atoms with Crippen LogP contribution in [0.3, 0.4) is 0 Å². The summed E-state index contributed by atoms with van der Waals surface area (Å²) in [6, 6.07) is 9.74. The number of nitrogens with zero attached hydrogens (tertiary/aromatic N) is 2. The smallest absolute Gasteiger partial charge is 0.246 e. The maximum atomic E-state index is 12.2. The number of likely N-dealkylation sites (tertiary alicyclic amines) is 1. The highest BCUT2D eigenvalue weighted by Gasteiger charge is 2.26. The lowest BCUT2D eigenvalue weighted by Crippen LogP contribution is -2.36. The molecule has 1 aliphatic rings. The number of carbonyl (C=O) groups is 1. The van der Waals surface area contributed by atoms with Crippen molar-refractivity contribution in [2.24, 2.45) is 0 Å². The van der Waals surface area contributed by atoms with Gasteiger partial charge in [0.15, 0.2) is 0 Å². The molecule has 3 rings (SSSR count). The Morgan fingerprint density at radius 3 is 3.10 bits per heavy atom. The lowest BCUT2D eigenvalue weighted by atomic mass is 10.1. The molecule has 21 heavy (non-hydrogen) atoms. The lowest BCUT2D eigenvalue weighted by Gasteiger charge is -2.21. The van der Waals surface area contributed by atoms with Crippen LogP contribution in [-0.2, 0) is 4.79 Å². The summed E-state index contributed by atoms with van der Waals surface area (Å²) >= 11 is 0. The van der Waals surface area contributed by atoms with E-state index in [2.05, 4.69) is 4.98 Å². The monoisotopic (exact) mass is 282 g/mol. The third-order valence-electron chi connectivity index (χ3n) is 3.96. The number of aromatic nitrogens is 1. The molecule has 2 aromatic rings. The molecule has 0 aliphatic carbocycles. The number of hydrogen-bond donors (Lipinski definition) is 1. The van der Waals surface area contributed by atoms with E-state index in [9.17, 15) is 9.90 Å². The predicted octanol–water partition coefficient (Wildman–Crippen LogP) is 2.23. The van der Waals surface area contributed by atoms with Crippen LogP contribution in [0.1, 0.15) is 18.4 Å². The quantitative estimate of drug-likeness (QED) is 0.878. The first-order valence-electron chi connectivity index (χ1n) is 7.23. The van der Waals surface area contributed by atoms with Gasteiger partial charge in [0.1, 0.15) is 0 Å². The minimum Gasteiger partial charge on any atom is -0.394 e. The van der Waals surface area contributed by atoms with Gasteiger partial charge in [-0.2, -0.15) is 0 Å². The van der Waals surface area contributed by atoms with Gasteiger partial charge in [0.25, 0.3) is 0 Å². The number of amides is 1. The first kappa shape index (κ1) is 13.8. The number of aliphatic hydroxyl groups is 1. The molecule has 1 aliphatic heterocycles. The molecule has 1 saturated heterocycles. The molecule has 1 atom stereocenters. The van der Waals surface area contributed by atoms with Crippen molar-refractivity contribution in [2.45, 2.75) is 18.9 Å². The zero-order chi connectivity index (χ0) is 14.7. The van der Waals surface area contributed by atoms with Gasteiger partial charge in [-0.1, -0.05) is 18.2 Å². The normalized spacial score (nSPS) is 18.7. The molecule has 108 valence electrons. The molecule has 1 aromatic carbocycles. The minimum absolute atomic E-state index is 0.0312. The van der Waals surface area contributed by atoms with Crippen LogP contribution >= 0.6 is 0 Å². The number of hydrogen-bond acceptors (Lipinski definition) is 3. The summed E-state index contributed by atoms with van der Waals surface area (Å²) in [5.74, 6) is -0.0348. The van der Waals surface area contributed by atoms with Crippen molar-refractivity contribution in [3.63, 3.8) is 0 Å². The summed E-state index contributed by atoms with van der Waals surface area (Å²) in [5.41, 5.74) is 1.90. The molecule has 0 radical (unpaired) electrons.